The van der Waals surface area contributed by atoms with E-state index < -0.39 is 0 Å². The fourth-order valence-corrected chi connectivity index (χ4v) is 4.20. The van der Waals surface area contributed by atoms with E-state index in [-0.39, 0.29) is 0 Å². The summed E-state index contributed by atoms with van der Waals surface area (Å²) in [5, 5.41) is 0.734. The van der Waals surface area contributed by atoms with E-state index in [1.807, 2.05) is 37.3 Å². The molecule has 0 aliphatic carbocycles. The van der Waals surface area contributed by atoms with E-state index >= 15 is 0 Å². The lowest BCUT2D eigenvalue weighted by Crippen LogP contribution is -1.94. The van der Waals surface area contributed by atoms with Crippen molar-refractivity contribution < 1.29 is 4.74 Å². The second kappa shape index (κ2) is 8.52. The summed E-state index contributed by atoms with van der Waals surface area (Å²) in [4.78, 5) is 5.08. The molecule has 4 heteroatoms. The van der Waals surface area contributed by atoms with E-state index in [0.717, 1.165) is 50.1 Å². The quantitative estimate of drug-likeness (QED) is 0.281. The zero-order valence-electron chi connectivity index (χ0n) is 18.0. The number of fused-ring (bicyclic) bond motifs is 1. The Kier molecular flexibility index (Phi) is 5.42. The van der Waals surface area contributed by atoms with Gasteiger partial charge in [0.15, 0.2) is 0 Å². The number of ether oxygens (including phenoxy) is 1. The molecule has 2 heterocycles. The summed E-state index contributed by atoms with van der Waals surface area (Å²) in [6, 6.07) is 28.7. The Hall–Kier alpha value is -3.56. The van der Waals surface area contributed by atoms with E-state index in [9.17, 15) is 0 Å². The number of hydrogen-bond acceptors (Lipinski definition) is 2. The lowest BCUT2D eigenvalue weighted by atomic mass is 10.0. The fraction of sp³-hybridized carbons (Fsp3) is 0.107. The first kappa shape index (κ1) is 20.3. The first-order chi connectivity index (χ1) is 15.6. The van der Waals surface area contributed by atoms with E-state index in [2.05, 4.69) is 72.1 Å². The number of benzene rings is 3. The number of aromatic nitrogens is 2. The van der Waals surface area contributed by atoms with Gasteiger partial charge in [0.1, 0.15) is 11.4 Å². The van der Waals surface area contributed by atoms with Crippen molar-refractivity contribution in [1.82, 2.24) is 9.38 Å². The van der Waals surface area contributed by atoms with Crippen LogP contribution in [0.4, 0.5) is 0 Å². The molecule has 0 radical (unpaired) electrons. The van der Waals surface area contributed by atoms with Gasteiger partial charge in [-0.3, -0.25) is 4.40 Å². The molecule has 0 atom stereocenters. The standard InChI is InChI=1S/C28H23ClN2O/c1-3-32-24-15-11-21(12-16-24)27-28(22-7-5-4-6-8-22)31-18-19(2)25(17-26(31)30-27)20-9-13-23(29)14-10-20/h4-18H,3H2,1-2H3. The maximum Gasteiger partial charge on any atom is 0.138 e. The highest BCUT2D eigenvalue weighted by Crippen LogP contribution is 2.36. The number of rotatable bonds is 5. The van der Waals surface area contributed by atoms with Crippen molar-refractivity contribution in [3.8, 4) is 39.4 Å². The predicted molar refractivity (Wildman–Crippen MR) is 132 cm³/mol. The molecular weight excluding hydrogens is 416 g/mol. The normalized spacial score (nSPS) is 11.1. The Morgan fingerprint density at radius 1 is 0.844 bits per heavy atom. The lowest BCUT2D eigenvalue weighted by molar-refractivity contribution is 0.340. The van der Waals surface area contributed by atoms with Crippen molar-refractivity contribution in [3.63, 3.8) is 0 Å². The second-order valence-electron chi connectivity index (χ2n) is 7.74. The van der Waals surface area contributed by atoms with Gasteiger partial charge in [-0.25, -0.2) is 4.98 Å². The van der Waals surface area contributed by atoms with Crippen LogP contribution in [0, 0.1) is 6.92 Å². The first-order valence-electron chi connectivity index (χ1n) is 10.7. The van der Waals surface area contributed by atoms with Crippen LogP contribution in [0.2, 0.25) is 5.02 Å². The SMILES string of the molecule is CCOc1ccc(-c2nc3cc(-c4ccc(Cl)cc4)c(C)cn3c2-c2ccccc2)cc1. The molecule has 5 aromatic rings. The molecule has 3 nitrogen and oxygen atoms in total. The molecule has 32 heavy (non-hydrogen) atoms. The molecule has 0 aliphatic heterocycles. The summed E-state index contributed by atoms with van der Waals surface area (Å²) in [5.41, 5.74) is 8.57. The monoisotopic (exact) mass is 438 g/mol. The van der Waals surface area contributed by atoms with Gasteiger partial charge < -0.3 is 4.74 Å². The van der Waals surface area contributed by atoms with Gasteiger partial charge in [-0.05, 0) is 73.0 Å². The highest BCUT2D eigenvalue weighted by atomic mass is 35.5. The zero-order chi connectivity index (χ0) is 22.1. The highest BCUT2D eigenvalue weighted by Gasteiger charge is 2.17. The van der Waals surface area contributed by atoms with Crippen LogP contribution in [-0.4, -0.2) is 16.0 Å². The largest absolute Gasteiger partial charge is 0.494 e. The number of aryl methyl sites for hydroxylation is 1. The molecule has 0 aliphatic rings. The summed E-state index contributed by atoms with van der Waals surface area (Å²) >= 11 is 6.10. The number of pyridine rings is 1. The van der Waals surface area contributed by atoms with Crippen LogP contribution >= 0.6 is 11.6 Å². The molecule has 0 fully saturated rings. The first-order valence-corrected chi connectivity index (χ1v) is 11.1. The molecule has 0 bridgehead atoms. The molecule has 158 valence electrons. The summed E-state index contributed by atoms with van der Waals surface area (Å²) < 4.78 is 7.81. The highest BCUT2D eigenvalue weighted by molar-refractivity contribution is 6.30. The fourth-order valence-electron chi connectivity index (χ4n) is 4.08. The van der Waals surface area contributed by atoms with E-state index in [1.165, 1.54) is 5.56 Å². The summed E-state index contributed by atoms with van der Waals surface area (Å²) in [7, 11) is 0. The van der Waals surface area contributed by atoms with Crippen molar-refractivity contribution in [2.24, 2.45) is 0 Å². The van der Waals surface area contributed by atoms with Crippen molar-refractivity contribution in [3.05, 3.63) is 102 Å². The van der Waals surface area contributed by atoms with Crippen LogP contribution in [0.3, 0.4) is 0 Å². The molecule has 0 saturated heterocycles. The van der Waals surface area contributed by atoms with Crippen molar-refractivity contribution in [2.45, 2.75) is 13.8 Å². The second-order valence-corrected chi connectivity index (χ2v) is 8.17. The van der Waals surface area contributed by atoms with Crippen LogP contribution in [-0.2, 0) is 0 Å². The van der Waals surface area contributed by atoms with Gasteiger partial charge in [-0.2, -0.15) is 0 Å². The van der Waals surface area contributed by atoms with Crippen LogP contribution in [0.1, 0.15) is 12.5 Å². The predicted octanol–water partition coefficient (Wildman–Crippen LogP) is 7.70. The minimum absolute atomic E-state index is 0.649. The molecule has 0 amide bonds. The van der Waals surface area contributed by atoms with Crippen LogP contribution < -0.4 is 4.74 Å². The van der Waals surface area contributed by atoms with E-state index in [1.54, 1.807) is 0 Å². The number of nitrogens with zero attached hydrogens (tertiary/aromatic N) is 2. The van der Waals surface area contributed by atoms with E-state index in [4.69, 9.17) is 21.3 Å². The average molecular weight is 439 g/mol. The van der Waals surface area contributed by atoms with Crippen LogP contribution in [0.25, 0.3) is 39.3 Å². The molecule has 0 spiro atoms. The molecule has 3 aromatic carbocycles. The van der Waals surface area contributed by atoms with Gasteiger partial charge in [-0.15, -0.1) is 0 Å². The van der Waals surface area contributed by atoms with Gasteiger partial charge in [-0.1, -0.05) is 54.1 Å². The van der Waals surface area contributed by atoms with Gasteiger partial charge in [0.05, 0.1) is 18.0 Å². The average Bonchev–Trinajstić information content (AvgIpc) is 3.18. The van der Waals surface area contributed by atoms with Gasteiger partial charge in [0, 0.05) is 22.3 Å². The Morgan fingerprint density at radius 2 is 1.53 bits per heavy atom. The third-order valence-electron chi connectivity index (χ3n) is 5.60. The summed E-state index contributed by atoms with van der Waals surface area (Å²) in [6.45, 7) is 4.77. The smallest absolute Gasteiger partial charge is 0.138 e. The minimum Gasteiger partial charge on any atom is -0.494 e. The Balaban J connectivity index is 1.72. The summed E-state index contributed by atoms with van der Waals surface area (Å²) in [6.07, 6.45) is 2.17. The van der Waals surface area contributed by atoms with Crippen molar-refractivity contribution >= 4 is 17.2 Å². The molecular formula is C28H23ClN2O. The Labute approximate surface area is 192 Å². The Morgan fingerprint density at radius 3 is 2.22 bits per heavy atom. The van der Waals surface area contributed by atoms with Gasteiger partial charge in [0.25, 0.3) is 0 Å². The molecule has 5 rings (SSSR count). The van der Waals surface area contributed by atoms with E-state index in [0.29, 0.717) is 6.61 Å². The lowest BCUT2D eigenvalue weighted by Gasteiger charge is -2.10. The topological polar surface area (TPSA) is 26.5 Å². The number of halogens is 1. The third-order valence-corrected chi connectivity index (χ3v) is 5.85. The summed E-state index contributed by atoms with van der Waals surface area (Å²) in [5.74, 6) is 0.863. The Bertz CT molecular complexity index is 1370. The van der Waals surface area contributed by atoms with Crippen LogP contribution in [0.15, 0.2) is 91.1 Å². The molecule has 0 unspecified atom stereocenters. The van der Waals surface area contributed by atoms with Crippen molar-refractivity contribution in [2.75, 3.05) is 6.61 Å². The minimum atomic E-state index is 0.649. The van der Waals surface area contributed by atoms with Gasteiger partial charge in [0.2, 0.25) is 0 Å². The number of imidazole rings is 1. The molecule has 0 saturated carbocycles. The zero-order valence-corrected chi connectivity index (χ0v) is 18.8. The van der Waals surface area contributed by atoms with Crippen LogP contribution in [0.5, 0.6) is 5.75 Å². The maximum absolute atomic E-state index is 6.10. The van der Waals surface area contributed by atoms with Crippen molar-refractivity contribution in [1.29, 1.82) is 0 Å². The van der Waals surface area contributed by atoms with Gasteiger partial charge >= 0.3 is 0 Å². The molecule has 2 aromatic heterocycles. The maximum atomic E-state index is 6.10. The third kappa shape index (κ3) is 3.76. The number of hydrogen-bond donors (Lipinski definition) is 0. The molecule has 0 N–H and O–H groups in total.